The van der Waals surface area contributed by atoms with Gasteiger partial charge in [-0.3, -0.25) is 4.79 Å². The molecule has 0 aliphatic carbocycles. The summed E-state index contributed by atoms with van der Waals surface area (Å²) >= 11 is 0. The summed E-state index contributed by atoms with van der Waals surface area (Å²) in [6.07, 6.45) is 0. The maximum Gasteiger partial charge on any atom is 0.251 e. The predicted octanol–water partition coefficient (Wildman–Crippen LogP) is 3.12. The molecule has 1 amide bonds. The lowest BCUT2D eigenvalue weighted by atomic mass is 10.1. The molecule has 0 saturated carbocycles. The van der Waals surface area contributed by atoms with Crippen LogP contribution in [0.5, 0.6) is 0 Å². The van der Waals surface area contributed by atoms with Crippen molar-refractivity contribution >= 4 is 21.6 Å². The fourth-order valence-electron chi connectivity index (χ4n) is 2.55. The Bertz CT molecular complexity index is 876. The third-order valence-electron chi connectivity index (χ3n) is 3.65. The van der Waals surface area contributed by atoms with Crippen LogP contribution in [0.25, 0.3) is 0 Å². The minimum atomic E-state index is -3.56. The van der Waals surface area contributed by atoms with Crippen LogP contribution in [0.3, 0.4) is 0 Å². The van der Waals surface area contributed by atoms with E-state index in [4.69, 9.17) is 0 Å². The molecule has 0 radical (unpaired) electrons. The molecule has 0 unspecified atom stereocenters. The molecule has 7 heteroatoms. The van der Waals surface area contributed by atoms with Gasteiger partial charge in [-0.05, 0) is 69.7 Å². The third kappa shape index (κ3) is 6.37. The minimum Gasteiger partial charge on any atom is -0.383 e. The summed E-state index contributed by atoms with van der Waals surface area (Å²) in [5, 5.41) is 6.18. The second-order valence-corrected chi connectivity index (χ2v) is 8.70. The molecule has 27 heavy (non-hydrogen) atoms. The first-order valence-electron chi connectivity index (χ1n) is 8.93. The summed E-state index contributed by atoms with van der Waals surface area (Å²) in [5.74, 6) is -0.252. The molecular formula is C20H27N3O3S. The van der Waals surface area contributed by atoms with Crippen LogP contribution in [-0.2, 0) is 16.6 Å². The van der Waals surface area contributed by atoms with Gasteiger partial charge in [0, 0.05) is 29.9 Å². The average molecular weight is 390 g/mol. The number of carbonyl (C=O) groups is 1. The monoisotopic (exact) mass is 389 g/mol. The first kappa shape index (κ1) is 20.9. The zero-order valence-electron chi connectivity index (χ0n) is 16.1. The molecule has 2 aromatic rings. The summed E-state index contributed by atoms with van der Waals surface area (Å²) in [6.45, 7) is 8.03. The Morgan fingerprint density at radius 3 is 2.22 bits per heavy atom. The summed E-state index contributed by atoms with van der Waals surface area (Å²) in [5.41, 5.74) is 2.40. The van der Waals surface area contributed by atoms with Crippen molar-refractivity contribution in [3.05, 3.63) is 59.7 Å². The Balaban J connectivity index is 2.00. The van der Waals surface area contributed by atoms with Crippen LogP contribution in [0.4, 0.5) is 5.69 Å². The van der Waals surface area contributed by atoms with E-state index in [1.807, 2.05) is 24.3 Å². The lowest BCUT2D eigenvalue weighted by Crippen LogP contribution is -2.30. The number of hydrogen-bond donors (Lipinski definition) is 3. The molecule has 0 saturated heterocycles. The fraction of sp³-hybridized carbons (Fsp3) is 0.350. The standard InChI is InChI=1S/C20H27N3O3S/c1-14(2)22-18-7-5-6-16(12-18)13-21-20(24)17-8-10-19(11-9-17)27(25,26)23-15(3)4/h5-12,14-15,22-23H,13H2,1-4H3,(H,21,24). The predicted molar refractivity (Wildman–Crippen MR) is 108 cm³/mol. The molecular weight excluding hydrogens is 362 g/mol. The normalized spacial score (nSPS) is 11.6. The van der Waals surface area contributed by atoms with Gasteiger partial charge >= 0.3 is 0 Å². The average Bonchev–Trinajstić information content (AvgIpc) is 2.58. The smallest absolute Gasteiger partial charge is 0.251 e. The van der Waals surface area contributed by atoms with Gasteiger partial charge in [0.15, 0.2) is 0 Å². The van der Waals surface area contributed by atoms with Crippen molar-refractivity contribution in [2.45, 2.75) is 51.2 Å². The van der Waals surface area contributed by atoms with E-state index in [0.29, 0.717) is 18.2 Å². The lowest BCUT2D eigenvalue weighted by molar-refractivity contribution is 0.0951. The van der Waals surface area contributed by atoms with E-state index in [9.17, 15) is 13.2 Å². The zero-order valence-corrected chi connectivity index (χ0v) is 16.9. The van der Waals surface area contributed by atoms with Crippen molar-refractivity contribution in [1.82, 2.24) is 10.0 Å². The van der Waals surface area contributed by atoms with Crippen molar-refractivity contribution in [2.24, 2.45) is 0 Å². The number of amides is 1. The first-order chi connectivity index (χ1) is 12.7. The Hall–Kier alpha value is -2.38. The molecule has 0 heterocycles. The zero-order chi connectivity index (χ0) is 20.0. The number of sulfonamides is 1. The second-order valence-electron chi connectivity index (χ2n) is 6.98. The van der Waals surface area contributed by atoms with Gasteiger partial charge in [-0.2, -0.15) is 0 Å². The molecule has 3 N–H and O–H groups in total. The molecule has 0 aliphatic rings. The molecule has 0 fully saturated rings. The molecule has 0 aromatic heterocycles. The number of benzene rings is 2. The van der Waals surface area contributed by atoms with Gasteiger partial charge in [-0.1, -0.05) is 12.1 Å². The van der Waals surface area contributed by atoms with Gasteiger partial charge in [0.1, 0.15) is 0 Å². The molecule has 0 aliphatic heterocycles. The third-order valence-corrected chi connectivity index (χ3v) is 5.33. The van der Waals surface area contributed by atoms with Crippen molar-refractivity contribution in [3.8, 4) is 0 Å². The highest BCUT2D eigenvalue weighted by Crippen LogP contribution is 2.13. The van der Waals surface area contributed by atoms with Gasteiger partial charge in [-0.25, -0.2) is 13.1 Å². The van der Waals surface area contributed by atoms with E-state index in [2.05, 4.69) is 29.2 Å². The highest BCUT2D eigenvalue weighted by Gasteiger charge is 2.16. The van der Waals surface area contributed by atoms with Crippen LogP contribution < -0.4 is 15.4 Å². The topological polar surface area (TPSA) is 87.3 Å². The van der Waals surface area contributed by atoms with Crippen LogP contribution in [0, 0.1) is 0 Å². The van der Waals surface area contributed by atoms with Gasteiger partial charge < -0.3 is 10.6 Å². The Morgan fingerprint density at radius 1 is 0.963 bits per heavy atom. The Labute approximate surface area is 161 Å². The molecule has 0 atom stereocenters. The summed E-state index contributed by atoms with van der Waals surface area (Å²) in [7, 11) is -3.56. The minimum absolute atomic E-state index is 0.139. The number of carbonyl (C=O) groups excluding carboxylic acids is 1. The van der Waals surface area contributed by atoms with Crippen molar-refractivity contribution in [3.63, 3.8) is 0 Å². The summed E-state index contributed by atoms with van der Waals surface area (Å²) in [4.78, 5) is 12.5. The molecule has 2 rings (SSSR count). The van der Waals surface area contributed by atoms with Crippen LogP contribution >= 0.6 is 0 Å². The summed E-state index contributed by atoms with van der Waals surface area (Å²) in [6, 6.07) is 13.9. The lowest BCUT2D eigenvalue weighted by Gasteiger charge is -2.12. The van der Waals surface area contributed by atoms with Crippen LogP contribution in [0.15, 0.2) is 53.4 Å². The van der Waals surface area contributed by atoms with Crippen LogP contribution in [0.1, 0.15) is 43.6 Å². The largest absolute Gasteiger partial charge is 0.383 e. The van der Waals surface area contributed by atoms with Crippen molar-refractivity contribution < 1.29 is 13.2 Å². The molecule has 0 bridgehead atoms. The Kier molecular flexibility index (Phi) is 6.98. The number of nitrogens with one attached hydrogen (secondary N) is 3. The van der Waals surface area contributed by atoms with Gasteiger partial charge in [0.25, 0.3) is 5.91 Å². The van der Waals surface area contributed by atoms with Crippen LogP contribution in [-0.4, -0.2) is 26.4 Å². The molecule has 0 spiro atoms. The highest BCUT2D eigenvalue weighted by atomic mass is 32.2. The second kappa shape index (κ2) is 9.01. The van der Waals surface area contributed by atoms with E-state index in [1.54, 1.807) is 13.8 Å². The maximum absolute atomic E-state index is 12.3. The Morgan fingerprint density at radius 2 is 1.63 bits per heavy atom. The van der Waals surface area contributed by atoms with Gasteiger partial charge in [0.2, 0.25) is 10.0 Å². The fourth-order valence-corrected chi connectivity index (χ4v) is 3.80. The maximum atomic E-state index is 12.3. The number of anilines is 1. The van der Waals surface area contributed by atoms with Crippen molar-refractivity contribution in [1.29, 1.82) is 0 Å². The summed E-state index contributed by atoms with van der Waals surface area (Å²) < 4.78 is 26.8. The first-order valence-corrected chi connectivity index (χ1v) is 10.4. The highest BCUT2D eigenvalue weighted by molar-refractivity contribution is 7.89. The molecule has 2 aromatic carbocycles. The molecule has 146 valence electrons. The molecule has 6 nitrogen and oxygen atoms in total. The number of rotatable bonds is 8. The van der Waals surface area contributed by atoms with E-state index >= 15 is 0 Å². The quantitative estimate of drug-likeness (QED) is 0.647. The van der Waals surface area contributed by atoms with E-state index in [0.717, 1.165) is 11.3 Å². The van der Waals surface area contributed by atoms with Crippen LogP contribution in [0.2, 0.25) is 0 Å². The van der Waals surface area contributed by atoms with E-state index in [1.165, 1.54) is 24.3 Å². The SMILES string of the molecule is CC(C)Nc1cccc(CNC(=O)c2ccc(S(=O)(=O)NC(C)C)cc2)c1. The van der Waals surface area contributed by atoms with Gasteiger partial charge in [0.05, 0.1) is 4.90 Å². The van der Waals surface area contributed by atoms with Crippen molar-refractivity contribution in [2.75, 3.05) is 5.32 Å². The van der Waals surface area contributed by atoms with Gasteiger partial charge in [-0.15, -0.1) is 0 Å². The van der Waals surface area contributed by atoms with E-state index < -0.39 is 10.0 Å². The number of hydrogen-bond acceptors (Lipinski definition) is 4. The van der Waals surface area contributed by atoms with E-state index in [-0.39, 0.29) is 16.8 Å².